The van der Waals surface area contributed by atoms with E-state index < -0.39 is 0 Å². The number of hydrogen-bond donors (Lipinski definition) is 1. The highest BCUT2D eigenvalue weighted by Gasteiger charge is 2.28. The molecule has 0 bridgehead atoms. The molecule has 2 atom stereocenters. The summed E-state index contributed by atoms with van der Waals surface area (Å²) < 4.78 is 0. The third kappa shape index (κ3) is 1.64. The van der Waals surface area contributed by atoms with Crippen molar-refractivity contribution in [1.82, 2.24) is 10.2 Å². The van der Waals surface area contributed by atoms with Gasteiger partial charge in [-0.05, 0) is 45.8 Å². The topological polar surface area (TPSA) is 15.3 Å². The Morgan fingerprint density at radius 3 is 2.50 bits per heavy atom. The maximum Gasteiger partial charge on any atom is 0.0258 e. The second-order valence-electron chi connectivity index (χ2n) is 4.20. The molecule has 1 N–H and O–H groups in total. The van der Waals surface area contributed by atoms with Crippen LogP contribution in [-0.2, 0) is 0 Å². The molecule has 2 saturated heterocycles. The van der Waals surface area contributed by atoms with E-state index in [1.54, 1.807) is 0 Å². The largest absolute Gasteiger partial charge is 0.313 e. The molecule has 0 spiro atoms. The van der Waals surface area contributed by atoms with Crippen LogP contribution in [0.3, 0.4) is 0 Å². The quantitative estimate of drug-likeness (QED) is 0.633. The predicted octanol–water partition coefficient (Wildman–Crippen LogP) is 1.22. The van der Waals surface area contributed by atoms with Gasteiger partial charge in [-0.3, -0.25) is 4.90 Å². The molecule has 0 aromatic carbocycles. The van der Waals surface area contributed by atoms with Crippen LogP contribution in [0.2, 0.25) is 0 Å². The van der Waals surface area contributed by atoms with Gasteiger partial charge in [-0.2, -0.15) is 0 Å². The Labute approximate surface area is 75.3 Å². The molecule has 2 rings (SSSR count). The second-order valence-corrected chi connectivity index (χ2v) is 4.20. The van der Waals surface area contributed by atoms with Crippen LogP contribution in [0.25, 0.3) is 0 Å². The lowest BCUT2D eigenvalue weighted by atomic mass is 10.0. The molecule has 0 radical (unpaired) electrons. The van der Waals surface area contributed by atoms with Crippen molar-refractivity contribution in [1.29, 1.82) is 0 Å². The fourth-order valence-electron chi connectivity index (χ4n) is 2.59. The van der Waals surface area contributed by atoms with Crippen LogP contribution in [0.5, 0.6) is 0 Å². The number of hydrogen-bond acceptors (Lipinski definition) is 2. The van der Waals surface area contributed by atoms with Crippen LogP contribution in [0.1, 0.15) is 32.6 Å². The summed E-state index contributed by atoms with van der Waals surface area (Å²) in [4.78, 5) is 2.69. The molecular weight excluding hydrogens is 148 g/mol. The Morgan fingerprint density at radius 2 is 1.92 bits per heavy atom. The van der Waals surface area contributed by atoms with Crippen molar-refractivity contribution in [2.24, 2.45) is 0 Å². The summed E-state index contributed by atoms with van der Waals surface area (Å²) >= 11 is 0. The standard InChI is InChI=1S/C10H20N2/c1-9-10(5-6-11-9)12-7-3-2-4-8-12/h9-11H,2-8H2,1H3/t9-,10-/m1/s1. The summed E-state index contributed by atoms with van der Waals surface area (Å²) in [6.45, 7) is 6.24. The zero-order chi connectivity index (χ0) is 8.39. The number of nitrogens with one attached hydrogen (secondary N) is 1. The van der Waals surface area contributed by atoms with Gasteiger partial charge in [-0.1, -0.05) is 6.42 Å². The zero-order valence-electron chi connectivity index (χ0n) is 8.05. The van der Waals surface area contributed by atoms with E-state index in [0.717, 1.165) is 12.1 Å². The lowest BCUT2D eigenvalue weighted by Crippen LogP contribution is -2.44. The first-order valence-corrected chi connectivity index (χ1v) is 5.35. The minimum Gasteiger partial charge on any atom is -0.313 e. The number of rotatable bonds is 1. The fourth-order valence-corrected chi connectivity index (χ4v) is 2.59. The maximum absolute atomic E-state index is 3.53. The van der Waals surface area contributed by atoms with Gasteiger partial charge in [-0.15, -0.1) is 0 Å². The van der Waals surface area contributed by atoms with Crippen LogP contribution >= 0.6 is 0 Å². The van der Waals surface area contributed by atoms with Crippen LogP contribution < -0.4 is 5.32 Å². The predicted molar refractivity (Wildman–Crippen MR) is 51.3 cm³/mol. The summed E-state index contributed by atoms with van der Waals surface area (Å²) in [6.07, 6.45) is 5.65. The lowest BCUT2D eigenvalue weighted by molar-refractivity contribution is 0.155. The van der Waals surface area contributed by atoms with E-state index in [9.17, 15) is 0 Å². The van der Waals surface area contributed by atoms with Crippen molar-refractivity contribution in [2.75, 3.05) is 19.6 Å². The second kappa shape index (κ2) is 3.75. The maximum atomic E-state index is 3.53. The number of piperidine rings is 1. The average Bonchev–Trinajstić information content (AvgIpc) is 2.53. The minimum atomic E-state index is 0.725. The summed E-state index contributed by atoms with van der Waals surface area (Å²) in [5.41, 5.74) is 0. The third-order valence-electron chi connectivity index (χ3n) is 3.34. The molecule has 0 unspecified atom stereocenters. The molecule has 2 fully saturated rings. The normalized spacial score (nSPS) is 38.8. The van der Waals surface area contributed by atoms with E-state index in [2.05, 4.69) is 17.1 Å². The van der Waals surface area contributed by atoms with Crippen LogP contribution in [-0.4, -0.2) is 36.6 Å². The zero-order valence-corrected chi connectivity index (χ0v) is 8.05. The van der Waals surface area contributed by atoms with Gasteiger partial charge in [0.1, 0.15) is 0 Å². The van der Waals surface area contributed by atoms with Crippen molar-refractivity contribution >= 4 is 0 Å². The molecule has 2 aliphatic rings. The molecular formula is C10H20N2. The Morgan fingerprint density at radius 1 is 1.17 bits per heavy atom. The van der Waals surface area contributed by atoms with Crippen molar-refractivity contribution < 1.29 is 0 Å². The van der Waals surface area contributed by atoms with Gasteiger partial charge >= 0.3 is 0 Å². The molecule has 2 heteroatoms. The van der Waals surface area contributed by atoms with E-state index in [0.29, 0.717) is 0 Å². The van der Waals surface area contributed by atoms with Crippen molar-refractivity contribution in [2.45, 2.75) is 44.7 Å². The summed E-state index contributed by atoms with van der Waals surface area (Å²) in [6, 6.07) is 1.56. The van der Waals surface area contributed by atoms with Crippen LogP contribution in [0, 0.1) is 0 Å². The Bertz CT molecular complexity index is 141. The molecule has 12 heavy (non-hydrogen) atoms. The van der Waals surface area contributed by atoms with Gasteiger partial charge in [-0.25, -0.2) is 0 Å². The Balaban J connectivity index is 1.89. The highest BCUT2D eigenvalue weighted by Crippen LogP contribution is 2.19. The van der Waals surface area contributed by atoms with Crippen molar-refractivity contribution in [3.63, 3.8) is 0 Å². The Hall–Kier alpha value is -0.0800. The van der Waals surface area contributed by atoms with E-state index in [4.69, 9.17) is 0 Å². The van der Waals surface area contributed by atoms with Crippen molar-refractivity contribution in [3.8, 4) is 0 Å². The molecule has 0 aromatic heterocycles. The first-order chi connectivity index (χ1) is 5.88. The molecule has 2 heterocycles. The molecule has 0 saturated carbocycles. The molecule has 0 aromatic rings. The smallest absolute Gasteiger partial charge is 0.0258 e. The van der Waals surface area contributed by atoms with Crippen LogP contribution in [0.4, 0.5) is 0 Å². The highest BCUT2D eigenvalue weighted by molar-refractivity contribution is 4.88. The van der Waals surface area contributed by atoms with Gasteiger partial charge in [0.2, 0.25) is 0 Å². The minimum absolute atomic E-state index is 0.725. The van der Waals surface area contributed by atoms with Gasteiger partial charge in [0.05, 0.1) is 0 Å². The van der Waals surface area contributed by atoms with Crippen molar-refractivity contribution in [3.05, 3.63) is 0 Å². The van der Waals surface area contributed by atoms with E-state index >= 15 is 0 Å². The molecule has 2 aliphatic heterocycles. The summed E-state index contributed by atoms with van der Waals surface area (Å²) in [5.74, 6) is 0. The SMILES string of the molecule is C[C@H]1NCC[C@H]1N1CCCCC1. The van der Waals surface area contributed by atoms with Gasteiger partial charge in [0.25, 0.3) is 0 Å². The molecule has 70 valence electrons. The molecule has 0 amide bonds. The first kappa shape index (κ1) is 8.52. The lowest BCUT2D eigenvalue weighted by Gasteiger charge is -2.34. The van der Waals surface area contributed by atoms with E-state index in [1.165, 1.54) is 45.3 Å². The summed E-state index contributed by atoms with van der Waals surface area (Å²) in [7, 11) is 0. The third-order valence-corrected chi connectivity index (χ3v) is 3.34. The molecule has 0 aliphatic carbocycles. The monoisotopic (exact) mass is 168 g/mol. The van der Waals surface area contributed by atoms with Gasteiger partial charge in [0.15, 0.2) is 0 Å². The number of likely N-dealkylation sites (tertiary alicyclic amines) is 1. The Kier molecular flexibility index (Phi) is 2.66. The fraction of sp³-hybridized carbons (Fsp3) is 1.00. The van der Waals surface area contributed by atoms with Crippen LogP contribution in [0.15, 0.2) is 0 Å². The van der Waals surface area contributed by atoms with E-state index in [-0.39, 0.29) is 0 Å². The first-order valence-electron chi connectivity index (χ1n) is 5.35. The van der Waals surface area contributed by atoms with E-state index in [1.807, 2.05) is 0 Å². The van der Waals surface area contributed by atoms with Gasteiger partial charge < -0.3 is 5.32 Å². The molecule has 2 nitrogen and oxygen atoms in total. The highest BCUT2D eigenvalue weighted by atomic mass is 15.2. The van der Waals surface area contributed by atoms with Gasteiger partial charge in [0, 0.05) is 12.1 Å². The average molecular weight is 168 g/mol. The summed E-state index contributed by atoms with van der Waals surface area (Å²) in [5, 5.41) is 3.53. The number of nitrogens with zero attached hydrogens (tertiary/aromatic N) is 1.